The van der Waals surface area contributed by atoms with Gasteiger partial charge in [-0.15, -0.1) is 0 Å². The van der Waals surface area contributed by atoms with Gasteiger partial charge in [0.1, 0.15) is 18.3 Å². The Morgan fingerprint density at radius 2 is 1.69 bits per heavy atom. The Morgan fingerprint density at radius 1 is 1.19 bits per heavy atom. The minimum Gasteiger partial charge on any atom is -0.394 e. The molecule has 96 valence electrons. The highest BCUT2D eigenvalue weighted by Crippen LogP contribution is 2.41. The Morgan fingerprint density at radius 3 is 2.06 bits per heavy atom. The monoisotopic (exact) mass is 248 g/mol. The molecule has 0 saturated carbocycles. The maximum absolute atomic E-state index is 12.4. The van der Waals surface area contributed by atoms with Crippen LogP contribution in [0.5, 0.6) is 0 Å². The van der Waals surface area contributed by atoms with E-state index in [-0.39, 0.29) is 0 Å². The Labute approximate surface area is 87.5 Å². The third-order valence-electron chi connectivity index (χ3n) is 2.47. The van der Waals surface area contributed by atoms with Crippen LogP contribution in [0.4, 0.5) is 13.2 Å². The first-order valence-corrected chi connectivity index (χ1v) is 4.26. The second-order valence-corrected chi connectivity index (χ2v) is 3.47. The minimum absolute atomic E-state index is 0.913. The summed E-state index contributed by atoms with van der Waals surface area (Å²) in [6.45, 7) is -0.913. The van der Waals surface area contributed by atoms with Gasteiger partial charge >= 0.3 is 6.18 Å². The smallest absolute Gasteiger partial charge is 0.394 e. The van der Waals surface area contributed by atoms with Crippen molar-refractivity contribution in [2.45, 2.75) is 36.4 Å². The zero-order valence-corrected chi connectivity index (χ0v) is 7.79. The number of halogens is 3. The molecule has 5 N–H and O–H groups in total. The van der Waals surface area contributed by atoms with Crippen molar-refractivity contribution in [3.63, 3.8) is 0 Å². The fourth-order valence-electron chi connectivity index (χ4n) is 1.42. The molecule has 1 aliphatic rings. The highest BCUT2D eigenvalue weighted by molar-refractivity contribution is 5.04. The van der Waals surface area contributed by atoms with Crippen LogP contribution in [0.1, 0.15) is 0 Å². The van der Waals surface area contributed by atoms with Crippen LogP contribution in [0.25, 0.3) is 0 Å². The van der Waals surface area contributed by atoms with Gasteiger partial charge in [-0.3, -0.25) is 0 Å². The van der Waals surface area contributed by atoms with Gasteiger partial charge in [0.2, 0.25) is 5.60 Å². The topological polar surface area (TPSA) is 110 Å². The molecular formula is C7H11F3O6. The van der Waals surface area contributed by atoms with Crippen molar-refractivity contribution >= 4 is 0 Å². The lowest BCUT2D eigenvalue weighted by Gasteiger charge is -2.46. The predicted octanol–water partition coefficient (Wildman–Crippen LogP) is -2.29. The van der Waals surface area contributed by atoms with Gasteiger partial charge in [0, 0.05) is 0 Å². The highest BCUT2D eigenvalue weighted by atomic mass is 19.4. The van der Waals surface area contributed by atoms with Crippen LogP contribution in [0.3, 0.4) is 0 Å². The van der Waals surface area contributed by atoms with Gasteiger partial charge in [0.25, 0.3) is 0 Å². The first kappa shape index (κ1) is 13.6. The molecule has 0 aromatic rings. The standard InChI is InChI=1S/C7H11F3O6/c8-7(9,10)6(15)4(13)3(12)2(1-11)16-5(6)14/h2-5,11-15H,1H2. The van der Waals surface area contributed by atoms with Crippen molar-refractivity contribution in [3.05, 3.63) is 0 Å². The average Bonchev–Trinajstić information content (AvgIpc) is 2.18. The molecule has 1 aliphatic heterocycles. The van der Waals surface area contributed by atoms with E-state index in [1.807, 2.05) is 0 Å². The van der Waals surface area contributed by atoms with Crippen LogP contribution in [0.2, 0.25) is 0 Å². The fourth-order valence-corrected chi connectivity index (χ4v) is 1.42. The molecule has 0 aromatic carbocycles. The van der Waals surface area contributed by atoms with E-state index in [9.17, 15) is 13.2 Å². The molecule has 6 nitrogen and oxygen atoms in total. The Balaban J connectivity index is 3.05. The van der Waals surface area contributed by atoms with E-state index in [2.05, 4.69) is 4.74 Å². The van der Waals surface area contributed by atoms with E-state index in [0.717, 1.165) is 0 Å². The predicted molar refractivity (Wildman–Crippen MR) is 41.0 cm³/mol. The maximum Gasteiger partial charge on any atom is 0.424 e. The van der Waals surface area contributed by atoms with Crippen molar-refractivity contribution in [2.24, 2.45) is 0 Å². The summed E-state index contributed by atoms with van der Waals surface area (Å²) in [7, 11) is 0. The lowest BCUT2D eigenvalue weighted by Crippen LogP contribution is -2.72. The fraction of sp³-hybridized carbons (Fsp3) is 1.00. The van der Waals surface area contributed by atoms with Crippen LogP contribution >= 0.6 is 0 Å². The first-order chi connectivity index (χ1) is 7.16. The zero-order valence-electron chi connectivity index (χ0n) is 7.79. The van der Waals surface area contributed by atoms with Crippen LogP contribution < -0.4 is 0 Å². The normalized spacial score (nSPS) is 45.8. The molecule has 1 rings (SSSR count). The van der Waals surface area contributed by atoms with Crippen LogP contribution in [0.15, 0.2) is 0 Å². The number of aliphatic hydroxyl groups is 5. The van der Waals surface area contributed by atoms with Gasteiger partial charge in [-0.05, 0) is 0 Å². The number of hydrogen-bond donors (Lipinski definition) is 5. The van der Waals surface area contributed by atoms with Gasteiger partial charge in [-0.1, -0.05) is 0 Å². The molecule has 0 amide bonds. The summed E-state index contributed by atoms with van der Waals surface area (Å²) in [5, 5.41) is 45.0. The summed E-state index contributed by atoms with van der Waals surface area (Å²) in [6, 6.07) is 0. The number of hydrogen-bond acceptors (Lipinski definition) is 6. The van der Waals surface area contributed by atoms with E-state index >= 15 is 0 Å². The van der Waals surface area contributed by atoms with Crippen LogP contribution in [0, 0.1) is 0 Å². The second-order valence-electron chi connectivity index (χ2n) is 3.47. The quantitative estimate of drug-likeness (QED) is 0.357. The molecule has 0 radical (unpaired) electrons. The lowest BCUT2D eigenvalue weighted by molar-refractivity contribution is -0.404. The summed E-state index contributed by atoms with van der Waals surface area (Å²) < 4.78 is 41.4. The third kappa shape index (κ3) is 1.79. The lowest BCUT2D eigenvalue weighted by atomic mass is 9.86. The molecule has 1 saturated heterocycles. The highest BCUT2D eigenvalue weighted by Gasteiger charge is 2.68. The third-order valence-corrected chi connectivity index (χ3v) is 2.47. The largest absolute Gasteiger partial charge is 0.424 e. The summed E-state index contributed by atoms with van der Waals surface area (Å²) in [5.41, 5.74) is -3.99. The molecule has 1 fully saturated rings. The van der Waals surface area contributed by atoms with Crippen molar-refractivity contribution in [1.29, 1.82) is 0 Å². The van der Waals surface area contributed by atoms with Gasteiger partial charge in [-0.25, -0.2) is 0 Å². The van der Waals surface area contributed by atoms with Gasteiger partial charge in [-0.2, -0.15) is 13.2 Å². The number of rotatable bonds is 1. The van der Waals surface area contributed by atoms with E-state index < -0.39 is 43.0 Å². The Hall–Kier alpha value is -0.450. The molecule has 0 aliphatic carbocycles. The molecule has 16 heavy (non-hydrogen) atoms. The van der Waals surface area contributed by atoms with E-state index in [0.29, 0.717) is 0 Å². The van der Waals surface area contributed by atoms with E-state index in [1.165, 1.54) is 0 Å². The van der Waals surface area contributed by atoms with Gasteiger partial charge < -0.3 is 30.3 Å². The molecule has 0 aromatic heterocycles. The van der Waals surface area contributed by atoms with E-state index in [4.69, 9.17) is 25.5 Å². The Kier molecular flexibility index (Phi) is 3.48. The van der Waals surface area contributed by atoms with Gasteiger partial charge in [0.05, 0.1) is 6.61 Å². The molecular weight excluding hydrogens is 237 g/mol. The first-order valence-electron chi connectivity index (χ1n) is 4.26. The average molecular weight is 248 g/mol. The number of ether oxygens (including phenoxy) is 1. The van der Waals surface area contributed by atoms with Gasteiger partial charge in [0.15, 0.2) is 6.29 Å². The molecule has 0 bridgehead atoms. The SMILES string of the molecule is OCC1OC(O)C(O)(C(F)(F)F)C(O)C1O. The molecule has 1 heterocycles. The minimum atomic E-state index is -5.40. The van der Waals surface area contributed by atoms with Crippen LogP contribution in [-0.2, 0) is 4.74 Å². The van der Waals surface area contributed by atoms with Crippen molar-refractivity contribution in [1.82, 2.24) is 0 Å². The molecule has 5 atom stereocenters. The summed E-state index contributed by atoms with van der Waals surface area (Å²) >= 11 is 0. The number of alkyl halides is 3. The molecule has 5 unspecified atom stereocenters. The van der Waals surface area contributed by atoms with Crippen LogP contribution in [-0.4, -0.2) is 68.5 Å². The second kappa shape index (κ2) is 4.09. The van der Waals surface area contributed by atoms with Crippen molar-refractivity contribution in [3.8, 4) is 0 Å². The summed E-state index contributed by atoms with van der Waals surface area (Å²) in [4.78, 5) is 0. The summed E-state index contributed by atoms with van der Waals surface area (Å²) in [6.07, 6.45) is -14.7. The maximum atomic E-state index is 12.4. The number of aliphatic hydroxyl groups excluding tert-OH is 4. The zero-order chi connectivity index (χ0) is 12.7. The van der Waals surface area contributed by atoms with Crippen molar-refractivity contribution < 1.29 is 43.4 Å². The molecule has 9 heteroatoms. The summed E-state index contributed by atoms with van der Waals surface area (Å²) in [5.74, 6) is 0. The Bertz CT molecular complexity index is 259. The van der Waals surface area contributed by atoms with E-state index in [1.54, 1.807) is 0 Å². The molecule has 0 spiro atoms. The van der Waals surface area contributed by atoms with Crippen molar-refractivity contribution in [2.75, 3.05) is 6.61 Å².